The molecule has 0 spiro atoms. The Bertz CT molecular complexity index is 3010. The Hall–Kier alpha value is -5.88. The number of hydrogen-bond donors (Lipinski definition) is 0. The van der Waals surface area contributed by atoms with Crippen LogP contribution in [-0.2, 0) is 10.8 Å². The van der Waals surface area contributed by atoms with Gasteiger partial charge in [0.2, 0.25) is 0 Å². The zero-order valence-corrected chi connectivity index (χ0v) is 38.2. The van der Waals surface area contributed by atoms with E-state index in [0.717, 1.165) is 8.95 Å². The fourth-order valence-electron chi connectivity index (χ4n) is 10.5. The maximum Gasteiger partial charge on any atom is 0.0714 e. The van der Waals surface area contributed by atoms with Crippen LogP contribution in [0.3, 0.4) is 0 Å². The molecule has 0 amide bonds. The fraction of sp³-hybridized carbons (Fsp3) is 0.0345. The van der Waals surface area contributed by atoms with Gasteiger partial charge in [-0.05, 0) is 139 Å². The van der Waals surface area contributed by atoms with Gasteiger partial charge < -0.3 is 0 Å². The molecule has 2 aliphatic carbocycles. The normalized spacial score (nSPS) is 13.9. The summed E-state index contributed by atoms with van der Waals surface area (Å²) >= 11 is 11.4. The SMILES string of the molecule is Brc1ccc2c(c1)C(c1ccccc1)(c1ccccc1)c1cc(-c3ccc(-c4ccc(-c5ccc6c(c5)C(c5ccccc5)(c5ccccc5)c5cc(Br)ccc5-6)s4)s3)ccc1-2. The average molecular weight is 957 g/mol. The lowest BCUT2D eigenvalue weighted by atomic mass is 9.67. The molecule has 12 rings (SSSR count). The maximum atomic E-state index is 3.85. The fourth-order valence-corrected chi connectivity index (χ4v) is 13.3. The first-order valence-electron chi connectivity index (χ1n) is 20.9. The van der Waals surface area contributed by atoms with Gasteiger partial charge in [0.05, 0.1) is 10.8 Å². The number of hydrogen-bond acceptors (Lipinski definition) is 2. The van der Waals surface area contributed by atoms with Crippen LogP contribution < -0.4 is 0 Å². The molecule has 294 valence electrons. The monoisotopic (exact) mass is 954 g/mol. The van der Waals surface area contributed by atoms with Crippen molar-refractivity contribution in [2.24, 2.45) is 0 Å². The van der Waals surface area contributed by atoms with Gasteiger partial charge in [0, 0.05) is 28.5 Å². The van der Waals surface area contributed by atoms with Crippen molar-refractivity contribution in [3.05, 3.63) is 272 Å². The van der Waals surface area contributed by atoms with Gasteiger partial charge in [-0.1, -0.05) is 190 Å². The Morgan fingerprint density at radius 2 is 0.565 bits per heavy atom. The van der Waals surface area contributed by atoms with Gasteiger partial charge in [0.1, 0.15) is 0 Å². The largest absolute Gasteiger partial charge is 0.134 e. The first-order chi connectivity index (χ1) is 30.5. The first kappa shape index (κ1) is 37.8. The third-order valence-electron chi connectivity index (χ3n) is 13.0. The van der Waals surface area contributed by atoms with E-state index in [4.69, 9.17) is 0 Å². The van der Waals surface area contributed by atoms with Crippen LogP contribution in [0, 0.1) is 0 Å². The Labute approximate surface area is 387 Å². The zero-order valence-electron chi connectivity index (χ0n) is 33.4. The zero-order chi connectivity index (χ0) is 41.4. The van der Waals surface area contributed by atoms with Crippen LogP contribution in [0.4, 0.5) is 0 Å². The van der Waals surface area contributed by atoms with Crippen LogP contribution in [0.1, 0.15) is 44.5 Å². The maximum absolute atomic E-state index is 3.85. The van der Waals surface area contributed by atoms with E-state index < -0.39 is 10.8 Å². The minimum atomic E-state index is -0.456. The van der Waals surface area contributed by atoms with Crippen LogP contribution in [-0.4, -0.2) is 0 Å². The van der Waals surface area contributed by atoms with E-state index in [1.165, 1.54) is 97.4 Å². The predicted octanol–water partition coefficient (Wildman–Crippen LogP) is 17.1. The van der Waals surface area contributed by atoms with Gasteiger partial charge in [0.15, 0.2) is 0 Å². The first-order valence-corrected chi connectivity index (χ1v) is 24.1. The molecule has 2 aromatic heterocycles. The highest BCUT2D eigenvalue weighted by Gasteiger charge is 2.48. The minimum Gasteiger partial charge on any atom is -0.134 e. The Morgan fingerprint density at radius 3 is 0.903 bits per heavy atom. The van der Waals surface area contributed by atoms with Gasteiger partial charge in [0.25, 0.3) is 0 Å². The Balaban J connectivity index is 0.950. The van der Waals surface area contributed by atoms with Crippen molar-refractivity contribution in [1.82, 2.24) is 0 Å². The number of rotatable bonds is 7. The molecule has 0 aliphatic heterocycles. The highest BCUT2D eigenvalue weighted by atomic mass is 79.9. The van der Waals surface area contributed by atoms with E-state index in [9.17, 15) is 0 Å². The van der Waals surface area contributed by atoms with Crippen LogP contribution >= 0.6 is 54.5 Å². The summed E-state index contributed by atoms with van der Waals surface area (Å²) in [4.78, 5) is 5.09. The highest BCUT2D eigenvalue weighted by Crippen LogP contribution is 2.59. The molecule has 2 heterocycles. The molecule has 0 unspecified atom stereocenters. The predicted molar refractivity (Wildman–Crippen MR) is 269 cm³/mol. The van der Waals surface area contributed by atoms with Crippen LogP contribution in [0.5, 0.6) is 0 Å². The summed E-state index contributed by atoms with van der Waals surface area (Å²) in [6.45, 7) is 0. The Morgan fingerprint density at radius 1 is 0.274 bits per heavy atom. The molecule has 0 fully saturated rings. The lowest BCUT2D eigenvalue weighted by Crippen LogP contribution is -2.28. The molecule has 0 N–H and O–H groups in total. The number of halogens is 2. The van der Waals surface area contributed by atoms with E-state index in [1.807, 2.05) is 22.7 Å². The second-order valence-electron chi connectivity index (χ2n) is 16.2. The average Bonchev–Trinajstić information content (AvgIpc) is 4.13. The van der Waals surface area contributed by atoms with Crippen molar-refractivity contribution in [3.63, 3.8) is 0 Å². The third-order valence-corrected chi connectivity index (χ3v) is 16.5. The number of benzene rings is 8. The molecule has 0 saturated carbocycles. The molecule has 0 saturated heterocycles. The van der Waals surface area contributed by atoms with Gasteiger partial charge in [-0.2, -0.15) is 0 Å². The quantitative estimate of drug-likeness (QED) is 0.149. The Kier molecular flexibility index (Phi) is 9.09. The molecule has 62 heavy (non-hydrogen) atoms. The van der Waals surface area contributed by atoms with Crippen molar-refractivity contribution in [2.45, 2.75) is 10.8 Å². The van der Waals surface area contributed by atoms with Crippen LogP contribution in [0.25, 0.3) is 52.9 Å². The van der Waals surface area contributed by atoms with Crippen molar-refractivity contribution in [2.75, 3.05) is 0 Å². The summed E-state index contributed by atoms with van der Waals surface area (Å²) in [5, 5.41) is 0. The van der Waals surface area contributed by atoms with Crippen molar-refractivity contribution >= 4 is 54.5 Å². The van der Waals surface area contributed by atoms with Crippen LogP contribution in [0.2, 0.25) is 0 Å². The molecule has 0 bridgehead atoms. The molecular formula is C58H36Br2S2. The smallest absolute Gasteiger partial charge is 0.0714 e. The van der Waals surface area contributed by atoms with Crippen molar-refractivity contribution in [3.8, 4) is 52.9 Å². The van der Waals surface area contributed by atoms with Gasteiger partial charge in [-0.3, -0.25) is 0 Å². The van der Waals surface area contributed by atoms with E-state index in [2.05, 4.69) is 250 Å². The summed E-state index contributed by atoms with van der Waals surface area (Å²) < 4.78 is 2.17. The van der Waals surface area contributed by atoms with E-state index in [0.29, 0.717) is 0 Å². The summed E-state index contributed by atoms with van der Waals surface area (Å²) in [6, 6.07) is 81.2. The summed E-state index contributed by atoms with van der Waals surface area (Å²) in [5.41, 5.74) is 17.1. The van der Waals surface area contributed by atoms with Gasteiger partial charge >= 0.3 is 0 Å². The topological polar surface area (TPSA) is 0 Å². The van der Waals surface area contributed by atoms with E-state index in [-0.39, 0.29) is 0 Å². The molecule has 10 aromatic rings. The highest BCUT2D eigenvalue weighted by molar-refractivity contribution is 9.10. The second kappa shape index (κ2) is 14.9. The number of thiophene rings is 2. The molecular weight excluding hydrogens is 921 g/mol. The molecule has 4 heteroatoms. The van der Waals surface area contributed by atoms with Crippen molar-refractivity contribution in [1.29, 1.82) is 0 Å². The van der Waals surface area contributed by atoms with E-state index in [1.54, 1.807) is 0 Å². The third kappa shape index (κ3) is 5.67. The lowest BCUT2D eigenvalue weighted by Gasteiger charge is -2.34. The number of fused-ring (bicyclic) bond motifs is 6. The summed E-state index contributed by atoms with van der Waals surface area (Å²) in [5.74, 6) is 0. The molecule has 0 atom stereocenters. The molecule has 0 radical (unpaired) electrons. The van der Waals surface area contributed by atoms with Gasteiger partial charge in [-0.25, -0.2) is 0 Å². The molecule has 0 nitrogen and oxygen atoms in total. The van der Waals surface area contributed by atoms with Crippen LogP contribution in [0.15, 0.2) is 227 Å². The lowest BCUT2D eigenvalue weighted by molar-refractivity contribution is 0.768. The summed E-state index contributed by atoms with van der Waals surface area (Å²) in [7, 11) is 0. The summed E-state index contributed by atoms with van der Waals surface area (Å²) in [6.07, 6.45) is 0. The molecule has 2 aliphatic rings. The minimum absolute atomic E-state index is 0.456. The second-order valence-corrected chi connectivity index (χ2v) is 20.2. The van der Waals surface area contributed by atoms with Gasteiger partial charge in [-0.15, -0.1) is 22.7 Å². The van der Waals surface area contributed by atoms with Crippen molar-refractivity contribution < 1.29 is 0 Å². The standard InChI is InChI=1S/C58H36Br2S2/c59-43-23-27-47-45-25-21-37(33-49(45)57(51(47)35-43,39-13-5-1-6-14-39)40-15-7-2-8-16-40)53-29-31-55(61-53)56-32-30-54(62-56)38-22-26-46-48-28-24-44(60)36-52(48)58(50(46)34-38,41-17-9-3-10-18-41)42-19-11-4-12-20-42/h1-36H. The van der Waals surface area contributed by atoms with E-state index >= 15 is 0 Å². The molecule has 8 aromatic carbocycles.